The highest BCUT2D eigenvalue weighted by atomic mass is 127. The van der Waals surface area contributed by atoms with Gasteiger partial charge in [0.15, 0.2) is 0 Å². The molecule has 1 nitrogen and oxygen atoms in total. The standard InChI is InChI=1S/C7H9IO/c8-9-7-2-4-1-5(3-7)6(4)7/h4-6H,1-3H2. The molecular weight excluding hydrogens is 227 g/mol. The van der Waals surface area contributed by atoms with Crippen molar-refractivity contribution in [1.82, 2.24) is 0 Å². The van der Waals surface area contributed by atoms with Gasteiger partial charge in [-0.05, 0) is 37.0 Å². The third-order valence-electron chi connectivity index (χ3n) is 3.60. The lowest BCUT2D eigenvalue weighted by atomic mass is 9.34. The first kappa shape index (κ1) is 5.35. The van der Waals surface area contributed by atoms with E-state index in [0.29, 0.717) is 5.60 Å². The average molecular weight is 236 g/mol. The van der Waals surface area contributed by atoms with E-state index in [2.05, 4.69) is 23.0 Å². The molecule has 0 saturated heterocycles. The Labute approximate surface area is 68.8 Å². The summed E-state index contributed by atoms with van der Waals surface area (Å²) in [6, 6.07) is 0. The second kappa shape index (κ2) is 1.33. The predicted octanol–water partition coefficient (Wildman–Crippen LogP) is 2.15. The molecule has 3 fully saturated rings. The van der Waals surface area contributed by atoms with Crippen LogP contribution in [0.4, 0.5) is 0 Å². The summed E-state index contributed by atoms with van der Waals surface area (Å²) in [5, 5.41) is 0. The van der Waals surface area contributed by atoms with E-state index in [-0.39, 0.29) is 0 Å². The Bertz CT molecular complexity index is 156. The highest BCUT2D eigenvalue weighted by Gasteiger charge is 2.72. The Morgan fingerprint density at radius 3 is 2.22 bits per heavy atom. The zero-order valence-corrected chi connectivity index (χ0v) is 7.30. The minimum absolute atomic E-state index is 0.411. The largest absolute Gasteiger partial charge is 0.309 e. The number of hydrogen-bond acceptors (Lipinski definition) is 1. The minimum Gasteiger partial charge on any atom is -0.309 e. The molecule has 0 aromatic carbocycles. The molecule has 0 aromatic heterocycles. The van der Waals surface area contributed by atoms with Gasteiger partial charge in [-0.3, -0.25) is 0 Å². The number of rotatable bonds is 1. The summed E-state index contributed by atoms with van der Waals surface area (Å²) in [5.74, 6) is 3.17. The molecule has 9 heavy (non-hydrogen) atoms. The van der Waals surface area contributed by atoms with Crippen molar-refractivity contribution in [1.29, 1.82) is 0 Å². The smallest absolute Gasteiger partial charge is 0.110 e. The van der Waals surface area contributed by atoms with Crippen LogP contribution in [0.2, 0.25) is 0 Å². The van der Waals surface area contributed by atoms with Crippen molar-refractivity contribution in [3.63, 3.8) is 0 Å². The zero-order chi connectivity index (χ0) is 6.06. The summed E-state index contributed by atoms with van der Waals surface area (Å²) in [4.78, 5) is 0. The Morgan fingerprint density at radius 2 is 2.00 bits per heavy atom. The Hall–Kier alpha value is 0.690. The van der Waals surface area contributed by atoms with Crippen molar-refractivity contribution < 1.29 is 3.07 Å². The van der Waals surface area contributed by atoms with E-state index >= 15 is 0 Å². The first-order chi connectivity index (χ1) is 4.36. The molecular formula is C7H9IO. The number of halogens is 1. The van der Waals surface area contributed by atoms with Crippen LogP contribution in [-0.4, -0.2) is 5.60 Å². The van der Waals surface area contributed by atoms with Crippen molar-refractivity contribution in [2.24, 2.45) is 17.8 Å². The van der Waals surface area contributed by atoms with Crippen molar-refractivity contribution in [2.75, 3.05) is 0 Å². The van der Waals surface area contributed by atoms with Crippen LogP contribution in [0.5, 0.6) is 0 Å². The van der Waals surface area contributed by atoms with Gasteiger partial charge in [-0.2, -0.15) is 0 Å². The lowest BCUT2D eigenvalue weighted by Crippen LogP contribution is -2.73. The maximum atomic E-state index is 5.44. The van der Waals surface area contributed by atoms with E-state index in [9.17, 15) is 0 Å². The highest BCUT2D eigenvalue weighted by molar-refractivity contribution is 14.1. The predicted molar refractivity (Wildman–Crippen MR) is 42.2 cm³/mol. The normalized spacial score (nSPS) is 67.0. The highest BCUT2D eigenvalue weighted by Crippen LogP contribution is 2.73. The molecule has 3 saturated carbocycles. The molecule has 0 bridgehead atoms. The molecule has 0 N–H and O–H groups in total. The van der Waals surface area contributed by atoms with E-state index in [0.717, 1.165) is 17.8 Å². The van der Waals surface area contributed by atoms with Gasteiger partial charge in [0.25, 0.3) is 0 Å². The Balaban J connectivity index is 1.88. The molecule has 0 aromatic rings. The number of hydrogen-bond donors (Lipinski definition) is 0. The van der Waals surface area contributed by atoms with Gasteiger partial charge >= 0.3 is 0 Å². The van der Waals surface area contributed by atoms with Crippen molar-refractivity contribution in [3.8, 4) is 0 Å². The second-order valence-corrected chi connectivity index (χ2v) is 4.27. The third kappa shape index (κ3) is 0.387. The molecule has 0 amide bonds. The van der Waals surface area contributed by atoms with Gasteiger partial charge in [-0.1, -0.05) is 0 Å². The van der Waals surface area contributed by atoms with Crippen LogP contribution >= 0.6 is 23.0 Å². The van der Waals surface area contributed by atoms with Crippen LogP contribution in [0.15, 0.2) is 0 Å². The molecule has 2 atom stereocenters. The van der Waals surface area contributed by atoms with Crippen LogP contribution < -0.4 is 0 Å². The van der Waals surface area contributed by atoms with Crippen LogP contribution in [0, 0.1) is 17.8 Å². The van der Waals surface area contributed by atoms with Gasteiger partial charge in [0, 0.05) is 0 Å². The van der Waals surface area contributed by atoms with Crippen molar-refractivity contribution >= 4 is 23.0 Å². The topological polar surface area (TPSA) is 9.23 Å². The molecule has 0 spiro atoms. The summed E-state index contributed by atoms with van der Waals surface area (Å²) in [5.41, 5.74) is 0.411. The van der Waals surface area contributed by atoms with Crippen LogP contribution in [0.1, 0.15) is 19.3 Å². The molecule has 0 aliphatic heterocycles. The van der Waals surface area contributed by atoms with Gasteiger partial charge in [-0.15, -0.1) is 0 Å². The van der Waals surface area contributed by atoms with E-state index in [1.807, 2.05) is 0 Å². The van der Waals surface area contributed by atoms with E-state index in [1.54, 1.807) is 0 Å². The van der Waals surface area contributed by atoms with Crippen molar-refractivity contribution in [2.45, 2.75) is 24.9 Å². The van der Waals surface area contributed by atoms with Gasteiger partial charge in [0.1, 0.15) is 23.0 Å². The maximum absolute atomic E-state index is 5.44. The SMILES string of the molecule is IOC12CC3CC(C1)C32. The van der Waals surface area contributed by atoms with E-state index in [1.165, 1.54) is 19.3 Å². The molecule has 3 aliphatic carbocycles. The summed E-state index contributed by atoms with van der Waals surface area (Å²) in [7, 11) is 0. The molecule has 50 valence electrons. The zero-order valence-electron chi connectivity index (χ0n) is 5.14. The Kier molecular flexibility index (Phi) is 0.789. The van der Waals surface area contributed by atoms with Crippen LogP contribution in [0.3, 0.4) is 0 Å². The van der Waals surface area contributed by atoms with Crippen molar-refractivity contribution in [3.05, 3.63) is 0 Å². The maximum Gasteiger partial charge on any atom is 0.110 e. The van der Waals surface area contributed by atoms with Gasteiger partial charge < -0.3 is 3.07 Å². The lowest BCUT2D eigenvalue weighted by Gasteiger charge is -2.74. The molecule has 3 aliphatic rings. The summed E-state index contributed by atoms with van der Waals surface area (Å²) in [6.07, 6.45) is 4.26. The summed E-state index contributed by atoms with van der Waals surface area (Å²) < 4.78 is 5.44. The fourth-order valence-electron chi connectivity index (χ4n) is 3.19. The summed E-state index contributed by atoms with van der Waals surface area (Å²) in [6.45, 7) is 0. The molecule has 2 unspecified atom stereocenters. The van der Waals surface area contributed by atoms with E-state index < -0.39 is 0 Å². The summed E-state index contributed by atoms with van der Waals surface area (Å²) >= 11 is 2.08. The third-order valence-corrected chi connectivity index (χ3v) is 4.47. The molecule has 0 heterocycles. The molecule has 3 rings (SSSR count). The van der Waals surface area contributed by atoms with Gasteiger partial charge in [0.2, 0.25) is 0 Å². The minimum atomic E-state index is 0.411. The Morgan fingerprint density at radius 1 is 1.33 bits per heavy atom. The quantitative estimate of drug-likeness (QED) is 0.634. The first-order valence-electron chi connectivity index (χ1n) is 3.65. The van der Waals surface area contributed by atoms with Crippen LogP contribution in [-0.2, 0) is 3.07 Å². The molecule has 0 radical (unpaired) electrons. The first-order valence-corrected chi connectivity index (χ1v) is 4.53. The fourth-order valence-corrected chi connectivity index (χ4v) is 3.84. The lowest BCUT2D eigenvalue weighted by molar-refractivity contribution is -0.284. The second-order valence-electron chi connectivity index (χ2n) is 3.83. The van der Waals surface area contributed by atoms with Crippen LogP contribution in [0.25, 0.3) is 0 Å². The molecule has 2 heteroatoms. The van der Waals surface area contributed by atoms with Gasteiger partial charge in [-0.25, -0.2) is 0 Å². The monoisotopic (exact) mass is 236 g/mol. The average Bonchev–Trinajstić information content (AvgIpc) is 1.86. The fraction of sp³-hybridized carbons (Fsp3) is 1.00. The van der Waals surface area contributed by atoms with E-state index in [4.69, 9.17) is 3.07 Å². The van der Waals surface area contributed by atoms with Gasteiger partial charge in [0.05, 0.1) is 5.60 Å².